The second kappa shape index (κ2) is 6.26. The standard InChI is InChI=1S/C18H19NO3S/c1-13-6-10-16(11-7-13)23(21,22)19-12-15-9-8-14-4-2-3-5-17(14)18(15)20/h2-7,10-11,15,19H,8-9,12H2,1H3/i15D. The molecule has 1 unspecified atom stereocenters. The van der Waals surface area contributed by atoms with Gasteiger partial charge in [-0.05, 0) is 37.5 Å². The van der Waals surface area contributed by atoms with Crippen LogP contribution in [0.4, 0.5) is 0 Å². The molecule has 1 atom stereocenters. The van der Waals surface area contributed by atoms with Gasteiger partial charge in [-0.1, -0.05) is 42.0 Å². The summed E-state index contributed by atoms with van der Waals surface area (Å²) in [6.07, 6.45) is 0.900. The van der Waals surface area contributed by atoms with E-state index in [4.69, 9.17) is 1.37 Å². The fourth-order valence-electron chi connectivity index (χ4n) is 2.70. The molecule has 0 fully saturated rings. The summed E-state index contributed by atoms with van der Waals surface area (Å²) in [6, 6.07) is 13.7. The highest BCUT2D eigenvalue weighted by Crippen LogP contribution is 2.25. The third kappa shape index (κ3) is 3.35. The number of hydrogen-bond donors (Lipinski definition) is 1. The molecule has 0 saturated heterocycles. The van der Waals surface area contributed by atoms with Gasteiger partial charge in [0.05, 0.1) is 4.90 Å². The van der Waals surface area contributed by atoms with Crippen LogP contribution in [0.3, 0.4) is 0 Å². The van der Waals surface area contributed by atoms with Gasteiger partial charge in [-0.3, -0.25) is 4.79 Å². The molecule has 23 heavy (non-hydrogen) atoms. The van der Waals surface area contributed by atoms with Gasteiger partial charge in [0.15, 0.2) is 5.78 Å². The summed E-state index contributed by atoms with van der Waals surface area (Å²) >= 11 is 0. The zero-order valence-corrected chi connectivity index (χ0v) is 13.7. The highest BCUT2D eigenvalue weighted by atomic mass is 32.2. The maximum Gasteiger partial charge on any atom is 0.240 e. The zero-order valence-electron chi connectivity index (χ0n) is 13.9. The van der Waals surface area contributed by atoms with Crippen LogP contribution in [0.1, 0.15) is 29.3 Å². The molecule has 2 aromatic rings. The topological polar surface area (TPSA) is 63.2 Å². The number of fused-ring (bicyclic) bond motifs is 1. The lowest BCUT2D eigenvalue weighted by molar-refractivity contribution is 0.0905. The molecule has 0 aliphatic heterocycles. The van der Waals surface area contributed by atoms with Crippen molar-refractivity contribution in [3.63, 3.8) is 0 Å². The molecule has 0 bridgehead atoms. The third-order valence-electron chi connectivity index (χ3n) is 4.09. The predicted molar refractivity (Wildman–Crippen MR) is 89.0 cm³/mol. The average Bonchev–Trinajstić information content (AvgIpc) is 2.58. The highest BCUT2D eigenvalue weighted by Gasteiger charge is 2.28. The number of carbonyl (C=O) groups excluding carboxylic acids is 1. The molecule has 1 N–H and O–H groups in total. The van der Waals surface area contributed by atoms with E-state index in [0.29, 0.717) is 18.4 Å². The number of hydrogen-bond acceptors (Lipinski definition) is 3. The van der Waals surface area contributed by atoms with Crippen molar-refractivity contribution in [2.45, 2.75) is 24.7 Å². The first kappa shape index (κ1) is 14.6. The fourth-order valence-corrected chi connectivity index (χ4v) is 3.73. The number of nitrogens with one attached hydrogen (secondary N) is 1. The average molecular weight is 330 g/mol. The number of sulfonamides is 1. The van der Waals surface area contributed by atoms with Crippen molar-refractivity contribution in [3.05, 3.63) is 65.2 Å². The first-order chi connectivity index (χ1) is 11.3. The Morgan fingerprint density at radius 3 is 2.61 bits per heavy atom. The number of carbonyl (C=O) groups is 1. The van der Waals surface area contributed by atoms with E-state index in [2.05, 4.69) is 4.72 Å². The molecular weight excluding hydrogens is 310 g/mol. The molecule has 4 nitrogen and oxygen atoms in total. The molecule has 5 heteroatoms. The summed E-state index contributed by atoms with van der Waals surface area (Å²) in [4.78, 5) is 12.8. The van der Waals surface area contributed by atoms with Gasteiger partial charge in [0.2, 0.25) is 10.0 Å². The molecule has 0 amide bonds. The van der Waals surface area contributed by atoms with E-state index in [9.17, 15) is 13.2 Å². The predicted octanol–water partition coefficient (Wildman–Crippen LogP) is 2.72. The summed E-state index contributed by atoms with van der Waals surface area (Å²) in [7, 11) is -3.74. The number of aryl methyl sites for hydroxylation is 2. The zero-order chi connectivity index (χ0) is 17.4. The van der Waals surface area contributed by atoms with Crippen LogP contribution in [0.25, 0.3) is 0 Å². The monoisotopic (exact) mass is 330 g/mol. The Kier molecular flexibility index (Phi) is 3.97. The normalized spacial score (nSPS) is 21.6. The Morgan fingerprint density at radius 1 is 1.17 bits per heavy atom. The Balaban J connectivity index is 1.79. The van der Waals surface area contributed by atoms with Crippen molar-refractivity contribution < 1.29 is 14.6 Å². The lowest BCUT2D eigenvalue weighted by Gasteiger charge is -2.23. The number of benzene rings is 2. The van der Waals surface area contributed by atoms with Gasteiger partial charge >= 0.3 is 0 Å². The summed E-state index contributed by atoms with van der Waals surface area (Å²) in [5, 5.41) is 0. The minimum Gasteiger partial charge on any atom is -0.294 e. The Labute approximate surface area is 138 Å². The van der Waals surface area contributed by atoms with Crippen LogP contribution in [-0.4, -0.2) is 20.7 Å². The second-order valence-corrected chi connectivity index (χ2v) is 7.49. The summed E-state index contributed by atoms with van der Waals surface area (Å²) in [5.41, 5.74) is 2.41. The quantitative estimate of drug-likeness (QED) is 0.937. The molecule has 3 rings (SSSR count). The largest absolute Gasteiger partial charge is 0.294 e. The molecule has 0 spiro atoms. The van der Waals surface area contributed by atoms with Crippen LogP contribution in [0, 0.1) is 12.8 Å². The van der Waals surface area contributed by atoms with Crippen LogP contribution in [0.5, 0.6) is 0 Å². The number of Topliss-reactive ketones (excluding diaryl/α,β-unsaturated/α-hetero) is 1. The Morgan fingerprint density at radius 2 is 1.87 bits per heavy atom. The molecule has 1 aliphatic carbocycles. The Hall–Kier alpha value is -1.98. The molecule has 120 valence electrons. The van der Waals surface area contributed by atoms with E-state index in [0.717, 1.165) is 11.1 Å². The van der Waals surface area contributed by atoms with Crippen LogP contribution < -0.4 is 4.72 Å². The number of ketones is 1. The highest BCUT2D eigenvalue weighted by molar-refractivity contribution is 7.89. The molecule has 0 radical (unpaired) electrons. The summed E-state index contributed by atoms with van der Waals surface area (Å²) in [5.74, 6) is -1.79. The van der Waals surface area contributed by atoms with Crippen molar-refractivity contribution >= 4 is 15.8 Å². The van der Waals surface area contributed by atoms with Crippen LogP contribution in [0.15, 0.2) is 53.4 Å². The van der Waals surface area contributed by atoms with Crippen molar-refractivity contribution in [1.82, 2.24) is 4.72 Å². The summed E-state index contributed by atoms with van der Waals surface area (Å²) in [6.45, 7) is 1.65. The molecular formula is C18H19NO3S. The molecule has 0 saturated carbocycles. The molecule has 0 aromatic heterocycles. The van der Waals surface area contributed by atoms with Gasteiger partial charge in [0.1, 0.15) is 0 Å². The van der Waals surface area contributed by atoms with E-state index < -0.39 is 15.9 Å². The molecule has 0 heterocycles. The van der Waals surface area contributed by atoms with Crippen molar-refractivity contribution in [2.75, 3.05) is 6.54 Å². The van der Waals surface area contributed by atoms with Crippen LogP contribution in [-0.2, 0) is 16.4 Å². The van der Waals surface area contributed by atoms with Gasteiger partial charge in [0, 0.05) is 19.4 Å². The minimum atomic E-state index is -3.74. The smallest absolute Gasteiger partial charge is 0.240 e. The third-order valence-corrected chi connectivity index (χ3v) is 5.50. The van der Waals surface area contributed by atoms with E-state index in [1.54, 1.807) is 24.3 Å². The van der Waals surface area contributed by atoms with Crippen molar-refractivity contribution in [2.24, 2.45) is 5.89 Å². The van der Waals surface area contributed by atoms with E-state index in [1.165, 1.54) is 12.1 Å². The van der Waals surface area contributed by atoms with Gasteiger partial charge in [0.25, 0.3) is 0 Å². The fraction of sp³-hybridized carbons (Fsp3) is 0.278. The first-order valence-corrected chi connectivity index (χ1v) is 8.99. The lowest BCUT2D eigenvalue weighted by Crippen LogP contribution is -2.35. The minimum absolute atomic E-state index is 0.139. The van der Waals surface area contributed by atoms with Gasteiger partial charge in [-0.15, -0.1) is 0 Å². The Bertz CT molecular complexity index is 877. The van der Waals surface area contributed by atoms with Gasteiger partial charge in [-0.25, -0.2) is 13.1 Å². The van der Waals surface area contributed by atoms with E-state index in [-0.39, 0.29) is 17.2 Å². The first-order valence-electron chi connectivity index (χ1n) is 8.01. The SMILES string of the molecule is [2H]C1(CNS(=O)(=O)c2ccc(C)cc2)CCc2ccccc2C1=O. The van der Waals surface area contributed by atoms with Crippen LogP contribution in [0.2, 0.25) is 0 Å². The van der Waals surface area contributed by atoms with Gasteiger partial charge < -0.3 is 0 Å². The maximum absolute atomic E-state index is 12.6. The van der Waals surface area contributed by atoms with Crippen molar-refractivity contribution in [3.8, 4) is 0 Å². The van der Waals surface area contributed by atoms with Crippen LogP contribution >= 0.6 is 0 Å². The van der Waals surface area contributed by atoms with E-state index in [1.807, 2.05) is 19.1 Å². The molecule has 2 aromatic carbocycles. The lowest BCUT2D eigenvalue weighted by atomic mass is 9.83. The van der Waals surface area contributed by atoms with E-state index >= 15 is 0 Å². The summed E-state index contributed by atoms with van der Waals surface area (Å²) < 4.78 is 35.6. The number of rotatable bonds is 4. The van der Waals surface area contributed by atoms with Crippen molar-refractivity contribution in [1.29, 1.82) is 0 Å². The second-order valence-electron chi connectivity index (χ2n) is 5.73. The molecule has 1 aliphatic rings. The maximum atomic E-state index is 12.6. The van der Waals surface area contributed by atoms with Gasteiger partial charge in [-0.2, -0.15) is 0 Å².